The molecule has 0 fully saturated rings. The zero-order valence-corrected chi connectivity index (χ0v) is 11.2. The lowest BCUT2D eigenvalue weighted by Gasteiger charge is -2.03. The van der Waals surface area contributed by atoms with Crippen LogP contribution in [0.25, 0.3) is 11.6 Å². The lowest BCUT2D eigenvalue weighted by molar-refractivity contribution is 1.40. The van der Waals surface area contributed by atoms with Crippen molar-refractivity contribution in [2.75, 3.05) is 17.6 Å². The first-order chi connectivity index (χ1) is 9.28. The molecule has 2 aromatic carbocycles. The zero-order chi connectivity index (χ0) is 13.2. The van der Waals surface area contributed by atoms with Crippen LogP contribution < -0.4 is 11.1 Å². The molecule has 1 heterocycles. The highest BCUT2D eigenvalue weighted by atomic mass is 35.5. The van der Waals surface area contributed by atoms with E-state index in [1.165, 1.54) is 16.7 Å². The third-order valence-corrected chi connectivity index (χ3v) is 3.68. The van der Waals surface area contributed by atoms with Gasteiger partial charge in [-0.1, -0.05) is 36.4 Å². The zero-order valence-electron chi connectivity index (χ0n) is 10.5. The number of nitrogen functional groups attached to an aromatic ring is 1. The summed E-state index contributed by atoms with van der Waals surface area (Å²) in [4.78, 5) is 0. The number of alkyl halides is 1. The number of halogens is 1. The standard InChI is InChI=1S/C16H15ClN2/c17-9-12-6-4-11(5-7-12)8-13-10-19-16-14(13)2-1-3-15(16)18/h1-8,19H,9-10,18H2. The van der Waals surface area contributed by atoms with Crippen molar-refractivity contribution in [1.29, 1.82) is 0 Å². The van der Waals surface area contributed by atoms with E-state index < -0.39 is 0 Å². The van der Waals surface area contributed by atoms with Crippen LogP contribution in [-0.2, 0) is 5.88 Å². The van der Waals surface area contributed by atoms with Gasteiger partial charge in [0.2, 0.25) is 0 Å². The largest absolute Gasteiger partial charge is 0.397 e. The monoisotopic (exact) mass is 270 g/mol. The van der Waals surface area contributed by atoms with Crippen LogP contribution in [0.4, 0.5) is 11.4 Å². The summed E-state index contributed by atoms with van der Waals surface area (Å²) in [6.07, 6.45) is 2.19. The number of para-hydroxylation sites is 1. The number of nitrogens with one attached hydrogen (secondary N) is 1. The Morgan fingerprint density at radius 1 is 1.16 bits per heavy atom. The van der Waals surface area contributed by atoms with E-state index in [4.69, 9.17) is 17.3 Å². The number of nitrogens with two attached hydrogens (primary N) is 1. The smallest absolute Gasteiger partial charge is 0.0653 e. The van der Waals surface area contributed by atoms with Gasteiger partial charge in [0.25, 0.3) is 0 Å². The first-order valence-electron chi connectivity index (χ1n) is 6.26. The topological polar surface area (TPSA) is 38.0 Å². The van der Waals surface area contributed by atoms with Crippen molar-refractivity contribution in [3.8, 4) is 0 Å². The lowest BCUT2D eigenvalue weighted by Crippen LogP contribution is -1.95. The van der Waals surface area contributed by atoms with E-state index in [1.807, 2.05) is 12.1 Å². The van der Waals surface area contributed by atoms with E-state index >= 15 is 0 Å². The van der Waals surface area contributed by atoms with Crippen molar-refractivity contribution >= 4 is 34.6 Å². The Labute approximate surface area is 117 Å². The van der Waals surface area contributed by atoms with Crippen LogP contribution in [0.2, 0.25) is 0 Å². The molecule has 0 radical (unpaired) electrons. The molecule has 0 spiro atoms. The summed E-state index contributed by atoms with van der Waals surface area (Å²) >= 11 is 5.79. The Morgan fingerprint density at radius 3 is 2.68 bits per heavy atom. The van der Waals surface area contributed by atoms with Crippen LogP contribution in [0.1, 0.15) is 16.7 Å². The van der Waals surface area contributed by atoms with Gasteiger partial charge >= 0.3 is 0 Å². The van der Waals surface area contributed by atoms with Gasteiger partial charge < -0.3 is 11.1 Å². The van der Waals surface area contributed by atoms with Gasteiger partial charge in [-0.25, -0.2) is 0 Å². The van der Waals surface area contributed by atoms with Gasteiger partial charge in [0.15, 0.2) is 0 Å². The summed E-state index contributed by atoms with van der Waals surface area (Å²) in [6, 6.07) is 14.3. The fraction of sp³-hybridized carbons (Fsp3) is 0.125. The summed E-state index contributed by atoms with van der Waals surface area (Å²) < 4.78 is 0. The summed E-state index contributed by atoms with van der Waals surface area (Å²) in [7, 11) is 0. The number of anilines is 2. The number of rotatable bonds is 2. The lowest BCUT2D eigenvalue weighted by atomic mass is 10.0. The molecule has 3 heteroatoms. The molecular weight excluding hydrogens is 256 g/mol. The Balaban J connectivity index is 1.96. The van der Waals surface area contributed by atoms with E-state index in [0.29, 0.717) is 5.88 Å². The van der Waals surface area contributed by atoms with E-state index in [-0.39, 0.29) is 0 Å². The van der Waals surface area contributed by atoms with Gasteiger partial charge in [-0.05, 0) is 28.8 Å². The molecule has 19 heavy (non-hydrogen) atoms. The highest BCUT2D eigenvalue weighted by Crippen LogP contribution is 2.35. The maximum absolute atomic E-state index is 5.96. The number of hydrogen-bond donors (Lipinski definition) is 2. The average Bonchev–Trinajstić information content (AvgIpc) is 2.84. The van der Waals surface area contributed by atoms with Crippen molar-refractivity contribution in [2.24, 2.45) is 0 Å². The molecule has 0 saturated heterocycles. The fourth-order valence-electron chi connectivity index (χ4n) is 2.35. The van der Waals surface area contributed by atoms with E-state index in [9.17, 15) is 0 Å². The van der Waals surface area contributed by atoms with Crippen LogP contribution in [0.15, 0.2) is 42.5 Å². The summed E-state index contributed by atoms with van der Waals surface area (Å²) in [5.41, 5.74) is 12.6. The summed E-state index contributed by atoms with van der Waals surface area (Å²) in [5, 5.41) is 3.35. The van der Waals surface area contributed by atoms with Crippen LogP contribution in [-0.4, -0.2) is 6.54 Å². The molecule has 0 unspecified atom stereocenters. The van der Waals surface area contributed by atoms with Crippen LogP contribution in [0.5, 0.6) is 0 Å². The minimum absolute atomic E-state index is 0.553. The highest BCUT2D eigenvalue weighted by Gasteiger charge is 2.16. The molecule has 0 atom stereocenters. The van der Waals surface area contributed by atoms with E-state index in [0.717, 1.165) is 23.5 Å². The van der Waals surface area contributed by atoms with Crippen molar-refractivity contribution in [3.63, 3.8) is 0 Å². The Hall–Kier alpha value is -1.93. The Morgan fingerprint density at radius 2 is 1.95 bits per heavy atom. The second-order valence-corrected chi connectivity index (χ2v) is 4.94. The molecule has 0 aliphatic carbocycles. The molecule has 96 valence electrons. The van der Waals surface area contributed by atoms with E-state index in [1.54, 1.807) is 0 Å². The normalized spacial score (nSPS) is 15.3. The number of hydrogen-bond acceptors (Lipinski definition) is 2. The molecule has 0 amide bonds. The molecule has 3 N–H and O–H groups in total. The van der Waals surface area contributed by atoms with Gasteiger partial charge in [0, 0.05) is 18.0 Å². The van der Waals surface area contributed by atoms with Crippen molar-refractivity contribution < 1.29 is 0 Å². The molecule has 2 aromatic rings. The molecule has 3 rings (SSSR count). The second-order valence-electron chi connectivity index (χ2n) is 4.67. The third-order valence-electron chi connectivity index (χ3n) is 3.37. The van der Waals surface area contributed by atoms with Gasteiger partial charge in [-0.3, -0.25) is 0 Å². The molecule has 1 aliphatic rings. The van der Waals surface area contributed by atoms with Crippen LogP contribution >= 0.6 is 11.6 Å². The molecule has 0 bridgehead atoms. The fourth-order valence-corrected chi connectivity index (χ4v) is 2.52. The van der Waals surface area contributed by atoms with E-state index in [2.05, 4.69) is 41.7 Å². The van der Waals surface area contributed by atoms with Crippen molar-refractivity contribution in [1.82, 2.24) is 0 Å². The predicted octanol–water partition coefficient (Wildman–Crippen LogP) is 3.97. The predicted molar refractivity (Wildman–Crippen MR) is 83.2 cm³/mol. The minimum Gasteiger partial charge on any atom is -0.397 e. The SMILES string of the molecule is Nc1cccc2c1NCC2=Cc1ccc(CCl)cc1. The Bertz CT molecular complexity index is 630. The molecular formula is C16H15ClN2. The number of benzene rings is 2. The number of fused-ring (bicyclic) bond motifs is 1. The van der Waals surface area contributed by atoms with Crippen LogP contribution in [0, 0.1) is 0 Å². The molecule has 0 saturated carbocycles. The minimum atomic E-state index is 0.553. The third kappa shape index (κ3) is 2.32. The molecule has 1 aliphatic heterocycles. The maximum atomic E-state index is 5.96. The maximum Gasteiger partial charge on any atom is 0.0653 e. The summed E-state index contributed by atoms with van der Waals surface area (Å²) in [5.74, 6) is 0.553. The van der Waals surface area contributed by atoms with Gasteiger partial charge in [0.05, 0.1) is 11.4 Å². The van der Waals surface area contributed by atoms with Gasteiger partial charge in [-0.2, -0.15) is 0 Å². The quantitative estimate of drug-likeness (QED) is 0.640. The van der Waals surface area contributed by atoms with Gasteiger partial charge in [-0.15, -0.1) is 11.6 Å². The van der Waals surface area contributed by atoms with Crippen molar-refractivity contribution in [3.05, 3.63) is 59.2 Å². The Kier molecular flexibility index (Phi) is 3.18. The second kappa shape index (κ2) is 4.98. The first-order valence-corrected chi connectivity index (χ1v) is 6.79. The first kappa shape index (κ1) is 12.1. The highest BCUT2D eigenvalue weighted by molar-refractivity contribution is 6.17. The van der Waals surface area contributed by atoms with Crippen molar-refractivity contribution in [2.45, 2.75) is 5.88 Å². The molecule has 2 nitrogen and oxygen atoms in total. The molecule has 0 aromatic heterocycles. The summed E-state index contributed by atoms with van der Waals surface area (Å²) in [6.45, 7) is 0.820. The van der Waals surface area contributed by atoms with Crippen LogP contribution in [0.3, 0.4) is 0 Å². The van der Waals surface area contributed by atoms with Gasteiger partial charge in [0.1, 0.15) is 0 Å². The average molecular weight is 271 g/mol.